The van der Waals surface area contributed by atoms with Crippen LogP contribution in [0.3, 0.4) is 0 Å². The minimum Gasteiger partial charge on any atom is -0.371 e. The summed E-state index contributed by atoms with van der Waals surface area (Å²) in [6, 6.07) is 8.04. The lowest BCUT2D eigenvalue weighted by Gasteiger charge is -2.19. The van der Waals surface area contributed by atoms with Crippen LogP contribution < -0.4 is 4.90 Å². The molecule has 0 saturated carbocycles. The number of aryl methyl sites for hydroxylation is 2. The molecule has 0 amide bonds. The Balaban J connectivity index is 1.31. The van der Waals surface area contributed by atoms with E-state index in [9.17, 15) is 0 Å². The Morgan fingerprint density at radius 2 is 1.76 bits per heavy atom. The Morgan fingerprint density at radius 3 is 2.45 bits per heavy atom. The molecule has 5 rings (SSSR count). The molecular formula is C21H24N6O2. The normalized spacial score (nSPS) is 22.5. The third-order valence-electron chi connectivity index (χ3n) is 5.55. The van der Waals surface area contributed by atoms with Crippen molar-refractivity contribution < 1.29 is 9.47 Å². The lowest BCUT2D eigenvalue weighted by molar-refractivity contribution is -0.00461. The van der Waals surface area contributed by atoms with Gasteiger partial charge in [0.1, 0.15) is 12.2 Å². The Hall–Kier alpha value is -2.84. The molecule has 0 unspecified atom stereocenters. The van der Waals surface area contributed by atoms with E-state index >= 15 is 0 Å². The quantitative estimate of drug-likeness (QED) is 0.676. The van der Waals surface area contributed by atoms with Crippen molar-refractivity contribution in [2.75, 3.05) is 31.2 Å². The molecule has 8 nitrogen and oxygen atoms in total. The molecule has 3 aromatic rings. The molecule has 0 aliphatic carbocycles. The maximum atomic E-state index is 6.17. The third kappa shape index (κ3) is 3.61. The van der Waals surface area contributed by atoms with Crippen molar-refractivity contribution in [1.82, 2.24) is 24.7 Å². The molecule has 29 heavy (non-hydrogen) atoms. The maximum Gasteiger partial charge on any atom is 0.226 e. The van der Waals surface area contributed by atoms with Gasteiger partial charge in [-0.05, 0) is 38.1 Å². The standard InChI is InChI=1S/C21H24N6O2/c1-14-4-5-17(15(2)24-14)18-6-8-22-21(25-18)26-10-19-20(11-26)29-13-16(12-28-19)27-9-3-7-23-27/h3-9,16,19-20H,10-13H2,1-2H3/t19-,20-/m0/s1. The lowest BCUT2D eigenvalue weighted by atomic mass is 10.1. The van der Waals surface area contributed by atoms with Crippen LogP contribution in [0.5, 0.6) is 0 Å². The van der Waals surface area contributed by atoms with Crippen LogP contribution in [0.15, 0.2) is 42.9 Å². The van der Waals surface area contributed by atoms with E-state index in [1.807, 2.05) is 42.9 Å². The second-order valence-corrected chi connectivity index (χ2v) is 7.62. The molecule has 2 aliphatic rings. The summed E-state index contributed by atoms with van der Waals surface area (Å²) in [6.45, 7) is 6.61. The summed E-state index contributed by atoms with van der Waals surface area (Å²) in [4.78, 5) is 16.0. The van der Waals surface area contributed by atoms with Crippen molar-refractivity contribution in [2.45, 2.75) is 32.1 Å². The molecule has 0 N–H and O–H groups in total. The minimum atomic E-state index is 0.00518. The fourth-order valence-corrected chi connectivity index (χ4v) is 4.00. The Bertz CT molecular complexity index is 977. The number of hydrogen-bond donors (Lipinski definition) is 0. The van der Waals surface area contributed by atoms with Gasteiger partial charge in [0.25, 0.3) is 0 Å². The number of anilines is 1. The highest BCUT2D eigenvalue weighted by atomic mass is 16.6. The summed E-state index contributed by atoms with van der Waals surface area (Å²) in [5, 5.41) is 4.31. The van der Waals surface area contributed by atoms with Crippen LogP contribution in [-0.2, 0) is 9.47 Å². The molecular weight excluding hydrogens is 368 g/mol. The molecule has 0 radical (unpaired) electrons. The second kappa shape index (κ2) is 7.53. The number of nitrogens with zero attached hydrogens (tertiary/aromatic N) is 6. The first-order valence-electron chi connectivity index (χ1n) is 9.92. The van der Waals surface area contributed by atoms with Crippen LogP contribution in [0.1, 0.15) is 17.4 Å². The minimum absolute atomic E-state index is 0.00518. The summed E-state index contributed by atoms with van der Waals surface area (Å²) < 4.78 is 14.2. The monoisotopic (exact) mass is 392 g/mol. The zero-order valence-corrected chi connectivity index (χ0v) is 16.6. The van der Waals surface area contributed by atoms with Gasteiger partial charge in [0.15, 0.2) is 0 Å². The molecule has 0 bridgehead atoms. The molecule has 2 fully saturated rings. The van der Waals surface area contributed by atoms with Crippen molar-refractivity contribution in [2.24, 2.45) is 0 Å². The average Bonchev–Trinajstić information content (AvgIpc) is 3.35. The van der Waals surface area contributed by atoms with Gasteiger partial charge in [-0.2, -0.15) is 5.10 Å². The number of pyridine rings is 1. The summed E-state index contributed by atoms with van der Waals surface area (Å²) >= 11 is 0. The van der Waals surface area contributed by atoms with Crippen LogP contribution in [0.25, 0.3) is 11.3 Å². The molecule has 2 atom stereocenters. The van der Waals surface area contributed by atoms with Gasteiger partial charge in [-0.1, -0.05) is 0 Å². The van der Waals surface area contributed by atoms with E-state index in [-0.39, 0.29) is 18.2 Å². The topological polar surface area (TPSA) is 78.2 Å². The molecule has 2 aliphatic heterocycles. The van der Waals surface area contributed by atoms with E-state index in [1.54, 1.807) is 12.4 Å². The molecule has 2 saturated heterocycles. The fourth-order valence-electron chi connectivity index (χ4n) is 4.00. The number of rotatable bonds is 3. The first-order chi connectivity index (χ1) is 14.2. The van der Waals surface area contributed by atoms with Gasteiger partial charge in [-0.25, -0.2) is 9.97 Å². The van der Waals surface area contributed by atoms with Gasteiger partial charge in [0.2, 0.25) is 5.95 Å². The van der Waals surface area contributed by atoms with Crippen molar-refractivity contribution in [3.05, 3.63) is 54.2 Å². The fraction of sp³-hybridized carbons (Fsp3) is 0.429. The summed E-state index contributed by atoms with van der Waals surface area (Å²) in [5.41, 5.74) is 3.88. The van der Waals surface area contributed by atoms with Gasteiger partial charge in [0.05, 0.1) is 24.9 Å². The predicted octanol–water partition coefficient (Wildman–Crippen LogP) is 2.20. The van der Waals surface area contributed by atoms with Crippen molar-refractivity contribution in [1.29, 1.82) is 0 Å². The summed E-state index contributed by atoms with van der Waals surface area (Å²) in [7, 11) is 0. The van der Waals surface area contributed by atoms with E-state index < -0.39 is 0 Å². The Labute approximate surface area is 169 Å². The zero-order valence-electron chi connectivity index (χ0n) is 16.6. The van der Waals surface area contributed by atoms with E-state index in [0.717, 1.165) is 22.6 Å². The summed E-state index contributed by atoms with van der Waals surface area (Å²) in [6.07, 6.45) is 5.55. The largest absolute Gasteiger partial charge is 0.371 e. The SMILES string of the molecule is Cc1ccc(-c2ccnc(N3C[C@@H]4OCC(n5cccn5)CO[C@H]4C3)n2)c(C)n1. The summed E-state index contributed by atoms with van der Waals surface area (Å²) in [5.74, 6) is 0.700. The highest BCUT2D eigenvalue weighted by molar-refractivity contribution is 5.62. The van der Waals surface area contributed by atoms with Gasteiger partial charge >= 0.3 is 0 Å². The van der Waals surface area contributed by atoms with E-state index in [0.29, 0.717) is 32.3 Å². The predicted molar refractivity (Wildman–Crippen MR) is 108 cm³/mol. The smallest absolute Gasteiger partial charge is 0.226 e. The van der Waals surface area contributed by atoms with Crippen molar-refractivity contribution >= 4 is 5.95 Å². The third-order valence-corrected chi connectivity index (χ3v) is 5.55. The molecule has 5 heterocycles. The van der Waals surface area contributed by atoms with Gasteiger partial charge < -0.3 is 14.4 Å². The van der Waals surface area contributed by atoms with Crippen molar-refractivity contribution in [3.8, 4) is 11.3 Å². The van der Waals surface area contributed by atoms with Crippen LogP contribution >= 0.6 is 0 Å². The van der Waals surface area contributed by atoms with E-state index in [1.165, 1.54) is 0 Å². The first-order valence-corrected chi connectivity index (χ1v) is 9.92. The second-order valence-electron chi connectivity index (χ2n) is 7.62. The molecule has 8 heteroatoms. The van der Waals surface area contributed by atoms with Crippen LogP contribution in [0, 0.1) is 13.8 Å². The highest BCUT2D eigenvalue weighted by Gasteiger charge is 2.38. The van der Waals surface area contributed by atoms with Gasteiger partial charge in [-0.15, -0.1) is 0 Å². The molecule has 3 aromatic heterocycles. The maximum absolute atomic E-state index is 6.17. The number of hydrogen-bond acceptors (Lipinski definition) is 7. The first kappa shape index (κ1) is 18.2. The number of fused-ring (bicyclic) bond motifs is 1. The lowest BCUT2D eigenvalue weighted by Crippen LogP contribution is -2.27. The Morgan fingerprint density at radius 1 is 0.966 bits per heavy atom. The highest BCUT2D eigenvalue weighted by Crippen LogP contribution is 2.27. The van der Waals surface area contributed by atoms with Crippen molar-refractivity contribution in [3.63, 3.8) is 0 Å². The van der Waals surface area contributed by atoms with Gasteiger partial charge in [0, 0.05) is 48.6 Å². The molecule has 150 valence electrons. The van der Waals surface area contributed by atoms with Crippen LogP contribution in [-0.4, -0.2) is 63.2 Å². The number of aromatic nitrogens is 5. The van der Waals surface area contributed by atoms with Crippen LogP contribution in [0.4, 0.5) is 5.95 Å². The van der Waals surface area contributed by atoms with Gasteiger partial charge in [-0.3, -0.25) is 9.67 Å². The number of ether oxygens (including phenoxy) is 2. The molecule has 0 spiro atoms. The van der Waals surface area contributed by atoms with E-state index in [4.69, 9.17) is 14.5 Å². The molecule has 0 aromatic carbocycles. The van der Waals surface area contributed by atoms with Crippen LogP contribution in [0.2, 0.25) is 0 Å². The average molecular weight is 392 g/mol. The Kier molecular flexibility index (Phi) is 4.73. The van der Waals surface area contributed by atoms with E-state index in [2.05, 4.69) is 26.0 Å². The zero-order chi connectivity index (χ0) is 19.8.